The Hall–Kier alpha value is -2.89. The Kier molecular flexibility index (Phi) is 3.87. The highest BCUT2D eigenvalue weighted by molar-refractivity contribution is 5.76. The Bertz CT molecular complexity index is 926. The van der Waals surface area contributed by atoms with E-state index in [1.165, 1.54) is 5.56 Å². The van der Waals surface area contributed by atoms with Crippen LogP contribution in [0.2, 0.25) is 0 Å². The van der Waals surface area contributed by atoms with Gasteiger partial charge < -0.3 is 10.0 Å². The van der Waals surface area contributed by atoms with Gasteiger partial charge in [-0.1, -0.05) is 23.8 Å². The molecule has 25 heavy (non-hydrogen) atoms. The largest absolute Gasteiger partial charge is 0.481 e. The third-order valence-corrected chi connectivity index (χ3v) is 4.83. The first-order valence-corrected chi connectivity index (χ1v) is 8.51. The van der Waals surface area contributed by atoms with Crippen molar-refractivity contribution in [1.29, 1.82) is 0 Å². The minimum absolute atomic E-state index is 0.247. The summed E-state index contributed by atoms with van der Waals surface area (Å²) < 4.78 is 1.85. The zero-order valence-electron chi connectivity index (χ0n) is 14.1. The number of anilines is 1. The lowest BCUT2D eigenvalue weighted by atomic mass is 9.97. The number of nitrogens with zero attached hydrogens (tertiary/aromatic N) is 4. The van der Waals surface area contributed by atoms with E-state index in [2.05, 4.69) is 46.2 Å². The Morgan fingerprint density at radius 2 is 2.04 bits per heavy atom. The summed E-state index contributed by atoms with van der Waals surface area (Å²) in [6, 6.07) is 10.3. The normalized spacial score (nSPS) is 15.6. The molecule has 1 fully saturated rings. The Morgan fingerprint density at radius 3 is 2.76 bits per heavy atom. The zero-order chi connectivity index (χ0) is 17.4. The van der Waals surface area contributed by atoms with Crippen LogP contribution in [-0.2, 0) is 4.79 Å². The van der Waals surface area contributed by atoms with Gasteiger partial charge in [0.25, 0.3) is 0 Å². The van der Waals surface area contributed by atoms with Gasteiger partial charge in [0.1, 0.15) is 5.52 Å². The number of carboxylic acids is 1. The SMILES string of the molecule is Cc1cccc(-c2cc3c(N4CCC(C(=O)O)CC4)nccn3n2)c1. The quantitative estimate of drug-likeness (QED) is 0.796. The predicted molar refractivity (Wildman–Crippen MR) is 95.7 cm³/mol. The number of piperidine rings is 1. The van der Waals surface area contributed by atoms with Crippen LogP contribution in [0.1, 0.15) is 18.4 Å². The Morgan fingerprint density at radius 1 is 1.24 bits per heavy atom. The van der Waals surface area contributed by atoms with E-state index < -0.39 is 5.97 Å². The zero-order valence-corrected chi connectivity index (χ0v) is 14.1. The maximum Gasteiger partial charge on any atom is 0.306 e. The molecule has 0 atom stereocenters. The minimum Gasteiger partial charge on any atom is -0.481 e. The lowest BCUT2D eigenvalue weighted by Gasteiger charge is -2.31. The number of carboxylic acid groups (broad SMARTS) is 1. The van der Waals surface area contributed by atoms with E-state index >= 15 is 0 Å². The molecule has 6 nitrogen and oxygen atoms in total. The number of fused-ring (bicyclic) bond motifs is 1. The molecule has 0 saturated carbocycles. The molecule has 128 valence electrons. The van der Waals surface area contributed by atoms with Crippen molar-refractivity contribution in [2.45, 2.75) is 19.8 Å². The third-order valence-electron chi connectivity index (χ3n) is 4.83. The fourth-order valence-electron chi connectivity index (χ4n) is 3.44. The number of aryl methyl sites for hydroxylation is 1. The van der Waals surface area contributed by atoms with Gasteiger partial charge in [-0.15, -0.1) is 0 Å². The molecule has 2 aromatic heterocycles. The van der Waals surface area contributed by atoms with Gasteiger partial charge in [-0.3, -0.25) is 4.79 Å². The van der Waals surface area contributed by atoms with Gasteiger partial charge >= 0.3 is 5.97 Å². The molecule has 3 heterocycles. The average molecular weight is 336 g/mol. The molecule has 6 heteroatoms. The van der Waals surface area contributed by atoms with Gasteiger partial charge in [0.05, 0.1) is 11.6 Å². The summed E-state index contributed by atoms with van der Waals surface area (Å²) in [5.74, 6) is -0.0709. The predicted octanol–water partition coefficient (Wildman–Crippen LogP) is 3.01. The van der Waals surface area contributed by atoms with Gasteiger partial charge in [0.15, 0.2) is 5.82 Å². The van der Waals surface area contributed by atoms with Crippen LogP contribution in [0.5, 0.6) is 0 Å². The molecule has 1 N–H and O–H groups in total. The molecule has 1 saturated heterocycles. The maximum atomic E-state index is 11.1. The molecular formula is C19H20N4O2. The molecule has 3 aromatic rings. The number of aliphatic carboxylic acids is 1. The summed E-state index contributed by atoms with van der Waals surface area (Å²) in [4.78, 5) is 17.9. The van der Waals surface area contributed by atoms with Crippen molar-refractivity contribution in [2.24, 2.45) is 5.92 Å². The van der Waals surface area contributed by atoms with E-state index in [1.807, 2.05) is 16.8 Å². The smallest absolute Gasteiger partial charge is 0.306 e. The first kappa shape index (κ1) is 15.6. The second-order valence-corrected chi connectivity index (χ2v) is 6.58. The number of hydrogen-bond donors (Lipinski definition) is 1. The van der Waals surface area contributed by atoms with Crippen LogP contribution in [0.3, 0.4) is 0 Å². The second kappa shape index (κ2) is 6.20. The van der Waals surface area contributed by atoms with Gasteiger partial charge in [0.2, 0.25) is 0 Å². The number of aromatic nitrogens is 3. The third kappa shape index (κ3) is 2.95. The van der Waals surface area contributed by atoms with Gasteiger partial charge in [-0.05, 0) is 31.9 Å². The van der Waals surface area contributed by atoms with E-state index in [0.29, 0.717) is 25.9 Å². The standard InChI is InChI=1S/C19H20N4O2/c1-13-3-2-4-15(11-13)16-12-17-18(20-7-10-23(17)21-16)22-8-5-14(6-9-22)19(24)25/h2-4,7,10-12,14H,5-6,8-9H2,1H3,(H,24,25). The summed E-state index contributed by atoms with van der Waals surface area (Å²) in [5.41, 5.74) is 4.15. The van der Waals surface area contributed by atoms with Crippen LogP contribution in [0.4, 0.5) is 5.82 Å². The fraction of sp³-hybridized carbons (Fsp3) is 0.316. The molecule has 0 bridgehead atoms. The molecule has 1 aliphatic heterocycles. The molecule has 0 unspecified atom stereocenters. The van der Waals surface area contributed by atoms with Crippen molar-refractivity contribution >= 4 is 17.3 Å². The second-order valence-electron chi connectivity index (χ2n) is 6.58. The van der Waals surface area contributed by atoms with Crippen LogP contribution in [-0.4, -0.2) is 38.8 Å². The lowest BCUT2D eigenvalue weighted by Crippen LogP contribution is -2.37. The Labute approximate surface area is 145 Å². The average Bonchev–Trinajstić information content (AvgIpc) is 3.06. The van der Waals surface area contributed by atoms with Crippen molar-refractivity contribution in [3.8, 4) is 11.3 Å². The lowest BCUT2D eigenvalue weighted by molar-refractivity contribution is -0.142. The monoisotopic (exact) mass is 336 g/mol. The van der Waals surface area contributed by atoms with Crippen molar-refractivity contribution in [3.05, 3.63) is 48.3 Å². The van der Waals surface area contributed by atoms with Crippen LogP contribution in [0, 0.1) is 12.8 Å². The highest BCUT2D eigenvalue weighted by atomic mass is 16.4. The molecule has 0 radical (unpaired) electrons. The topological polar surface area (TPSA) is 70.7 Å². The highest BCUT2D eigenvalue weighted by Crippen LogP contribution is 2.28. The van der Waals surface area contributed by atoms with Crippen molar-refractivity contribution < 1.29 is 9.90 Å². The summed E-state index contributed by atoms with van der Waals surface area (Å²) >= 11 is 0. The van der Waals surface area contributed by atoms with Crippen LogP contribution in [0.25, 0.3) is 16.8 Å². The van der Waals surface area contributed by atoms with Crippen molar-refractivity contribution in [2.75, 3.05) is 18.0 Å². The van der Waals surface area contributed by atoms with E-state index in [0.717, 1.165) is 22.6 Å². The summed E-state index contributed by atoms with van der Waals surface area (Å²) in [6.45, 7) is 3.47. The summed E-state index contributed by atoms with van der Waals surface area (Å²) in [5, 5.41) is 13.8. The fourth-order valence-corrected chi connectivity index (χ4v) is 3.44. The number of hydrogen-bond acceptors (Lipinski definition) is 4. The molecule has 0 aliphatic carbocycles. The first-order chi connectivity index (χ1) is 12.1. The number of benzene rings is 1. The summed E-state index contributed by atoms with van der Waals surface area (Å²) in [6.07, 6.45) is 4.90. The van der Waals surface area contributed by atoms with Crippen LogP contribution >= 0.6 is 0 Å². The molecule has 1 aromatic carbocycles. The summed E-state index contributed by atoms with van der Waals surface area (Å²) in [7, 11) is 0. The number of carbonyl (C=O) groups is 1. The van der Waals surface area contributed by atoms with Gasteiger partial charge in [-0.25, -0.2) is 9.50 Å². The van der Waals surface area contributed by atoms with E-state index in [9.17, 15) is 9.90 Å². The molecular weight excluding hydrogens is 316 g/mol. The van der Waals surface area contributed by atoms with Crippen LogP contribution < -0.4 is 4.90 Å². The van der Waals surface area contributed by atoms with Crippen molar-refractivity contribution in [1.82, 2.24) is 14.6 Å². The van der Waals surface area contributed by atoms with Crippen molar-refractivity contribution in [3.63, 3.8) is 0 Å². The Balaban J connectivity index is 1.68. The molecule has 4 rings (SSSR count). The minimum atomic E-state index is -0.697. The van der Waals surface area contributed by atoms with E-state index in [-0.39, 0.29) is 5.92 Å². The number of rotatable bonds is 3. The first-order valence-electron chi connectivity index (χ1n) is 8.51. The maximum absolute atomic E-state index is 11.1. The van der Waals surface area contributed by atoms with E-state index in [1.54, 1.807) is 6.20 Å². The molecule has 0 amide bonds. The molecule has 1 aliphatic rings. The van der Waals surface area contributed by atoms with Gasteiger partial charge in [-0.2, -0.15) is 5.10 Å². The van der Waals surface area contributed by atoms with Crippen LogP contribution in [0.15, 0.2) is 42.7 Å². The highest BCUT2D eigenvalue weighted by Gasteiger charge is 2.26. The van der Waals surface area contributed by atoms with E-state index in [4.69, 9.17) is 0 Å². The van der Waals surface area contributed by atoms with Gasteiger partial charge in [0, 0.05) is 31.0 Å². The molecule has 0 spiro atoms.